The minimum Gasteiger partial charge on any atom is -0.370 e. The van der Waals surface area contributed by atoms with Crippen molar-refractivity contribution in [2.75, 3.05) is 23.7 Å². The van der Waals surface area contributed by atoms with Gasteiger partial charge in [-0.05, 0) is 34.1 Å². The van der Waals surface area contributed by atoms with Crippen LogP contribution in [-0.2, 0) is 4.79 Å². The molecular formula is C15H27N5O. The molecule has 1 atom stereocenters. The average Bonchev–Trinajstić information content (AvgIpc) is 2.43. The summed E-state index contributed by atoms with van der Waals surface area (Å²) in [4.78, 5) is 20.5. The Balaban J connectivity index is 2.57. The van der Waals surface area contributed by atoms with E-state index in [1.165, 1.54) is 0 Å². The van der Waals surface area contributed by atoms with E-state index in [1.807, 2.05) is 27.7 Å². The molecule has 1 unspecified atom stereocenters. The van der Waals surface area contributed by atoms with E-state index in [4.69, 9.17) is 0 Å². The molecular weight excluding hydrogens is 266 g/mol. The Morgan fingerprint density at radius 1 is 1.14 bits per heavy atom. The lowest BCUT2D eigenvalue weighted by Crippen LogP contribution is -2.33. The van der Waals surface area contributed by atoms with Crippen LogP contribution in [0.5, 0.6) is 0 Å². The maximum absolute atomic E-state index is 11.7. The van der Waals surface area contributed by atoms with Crippen molar-refractivity contribution >= 4 is 17.5 Å². The molecule has 1 amide bonds. The van der Waals surface area contributed by atoms with Crippen LogP contribution in [0.2, 0.25) is 0 Å². The van der Waals surface area contributed by atoms with Crippen molar-refractivity contribution in [1.82, 2.24) is 15.3 Å². The normalized spacial score (nSPS) is 11.9. The molecule has 0 aromatic carbocycles. The molecule has 0 saturated heterocycles. The zero-order chi connectivity index (χ0) is 15.8. The summed E-state index contributed by atoms with van der Waals surface area (Å²) in [6.45, 7) is 11.3. The second-order valence-corrected chi connectivity index (χ2v) is 5.18. The van der Waals surface area contributed by atoms with Crippen LogP contribution < -0.4 is 16.0 Å². The van der Waals surface area contributed by atoms with Gasteiger partial charge in [-0.25, -0.2) is 9.97 Å². The molecule has 0 bridgehead atoms. The summed E-state index contributed by atoms with van der Waals surface area (Å²) in [6, 6.07) is 0.223. The Bertz CT molecular complexity index is 475. The lowest BCUT2D eigenvalue weighted by molar-refractivity contribution is -0.121. The van der Waals surface area contributed by atoms with Crippen molar-refractivity contribution in [3.63, 3.8) is 0 Å². The maximum atomic E-state index is 11.7. The summed E-state index contributed by atoms with van der Waals surface area (Å²) in [7, 11) is 0. The van der Waals surface area contributed by atoms with Crippen molar-refractivity contribution in [2.24, 2.45) is 0 Å². The van der Waals surface area contributed by atoms with E-state index in [1.54, 1.807) is 0 Å². The number of rotatable bonds is 8. The Labute approximate surface area is 127 Å². The van der Waals surface area contributed by atoms with E-state index in [-0.39, 0.29) is 11.9 Å². The third kappa shape index (κ3) is 5.57. The molecule has 1 aromatic heterocycles. The number of nitrogens with zero attached hydrogens (tertiary/aromatic N) is 2. The highest BCUT2D eigenvalue weighted by molar-refractivity contribution is 5.76. The first kappa shape index (κ1) is 17.2. The van der Waals surface area contributed by atoms with Crippen molar-refractivity contribution in [1.29, 1.82) is 0 Å². The van der Waals surface area contributed by atoms with Crippen LogP contribution in [0.15, 0.2) is 0 Å². The second-order valence-electron chi connectivity index (χ2n) is 5.18. The van der Waals surface area contributed by atoms with Gasteiger partial charge in [0.05, 0.1) is 0 Å². The fraction of sp³-hybridized carbons (Fsp3) is 0.667. The summed E-state index contributed by atoms with van der Waals surface area (Å²) in [6.07, 6.45) is 1.37. The lowest BCUT2D eigenvalue weighted by atomic mass is 10.2. The van der Waals surface area contributed by atoms with Gasteiger partial charge in [-0.2, -0.15) is 0 Å². The molecule has 118 valence electrons. The highest BCUT2D eigenvalue weighted by atomic mass is 16.1. The number of aryl methyl sites for hydroxylation is 1. The average molecular weight is 293 g/mol. The van der Waals surface area contributed by atoms with Gasteiger partial charge >= 0.3 is 0 Å². The number of nitrogens with one attached hydrogen (secondary N) is 3. The zero-order valence-corrected chi connectivity index (χ0v) is 13.7. The van der Waals surface area contributed by atoms with Gasteiger partial charge in [0.1, 0.15) is 17.5 Å². The van der Waals surface area contributed by atoms with Gasteiger partial charge in [0, 0.05) is 31.1 Å². The minimum atomic E-state index is 0.0622. The molecule has 0 aliphatic carbocycles. The van der Waals surface area contributed by atoms with Crippen LogP contribution in [0.25, 0.3) is 0 Å². The summed E-state index contributed by atoms with van der Waals surface area (Å²) in [5.74, 6) is 2.40. The molecule has 3 N–H and O–H groups in total. The number of aromatic nitrogens is 2. The largest absolute Gasteiger partial charge is 0.370 e. The van der Waals surface area contributed by atoms with E-state index in [0.717, 1.165) is 30.2 Å². The van der Waals surface area contributed by atoms with E-state index < -0.39 is 0 Å². The Kier molecular flexibility index (Phi) is 6.91. The van der Waals surface area contributed by atoms with E-state index in [2.05, 4.69) is 32.8 Å². The van der Waals surface area contributed by atoms with Gasteiger partial charge in [-0.3, -0.25) is 4.79 Å². The first-order chi connectivity index (χ1) is 9.97. The zero-order valence-electron chi connectivity index (χ0n) is 13.7. The Morgan fingerprint density at radius 2 is 1.76 bits per heavy atom. The number of anilines is 2. The molecule has 0 radical (unpaired) electrons. The van der Waals surface area contributed by atoms with Crippen molar-refractivity contribution < 1.29 is 4.79 Å². The van der Waals surface area contributed by atoms with Gasteiger partial charge in [0.25, 0.3) is 0 Å². The van der Waals surface area contributed by atoms with Crippen molar-refractivity contribution in [3.05, 3.63) is 11.4 Å². The molecule has 21 heavy (non-hydrogen) atoms. The van der Waals surface area contributed by atoms with Gasteiger partial charge in [0.2, 0.25) is 5.91 Å². The van der Waals surface area contributed by atoms with Crippen molar-refractivity contribution in [3.8, 4) is 0 Å². The number of hydrogen-bond acceptors (Lipinski definition) is 5. The fourth-order valence-corrected chi connectivity index (χ4v) is 1.88. The molecule has 1 rings (SSSR count). The van der Waals surface area contributed by atoms with Crippen LogP contribution in [0.3, 0.4) is 0 Å². The number of amides is 1. The third-order valence-electron chi connectivity index (χ3n) is 3.27. The van der Waals surface area contributed by atoms with Gasteiger partial charge in [-0.1, -0.05) is 6.92 Å². The Morgan fingerprint density at radius 3 is 2.33 bits per heavy atom. The lowest BCUT2D eigenvalue weighted by Gasteiger charge is -2.14. The number of carbonyl (C=O) groups is 1. The highest BCUT2D eigenvalue weighted by Crippen LogP contribution is 2.19. The molecule has 0 aliphatic heterocycles. The molecule has 0 aliphatic rings. The van der Waals surface area contributed by atoms with Gasteiger partial charge in [0.15, 0.2) is 0 Å². The fourth-order valence-electron chi connectivity index (χ4n) is 1.88. The standard InChI is InChI=1S/C15H27N5O/c1-6-10(3)18-13(21)8-9-17-15-11(4)14(16-7-2)19-12(5)20-15/h10H,6-9H2,1-5H3,(H,18,21)(H2,16,17,19,20). The summed E-state index contributed by atoms with van der Waals surface area (Å²) < 4.78 is 0. The van der Waals surface area contributed by atoms with Gasteiger partial charge < -0.3 is 16.0 Å². The topological polar surface area (TPSA) is 78.9 Å². The van der Waals surface area contributed by atoms with Crippen molar-refractivity contribution in [2.45, 2.75) is 53.5 Å². The van der Waals surface area contributed by atoms with Gasteiger partial charge in [-0.15, -0.1) is 0 Å². The minimum absolute atomic E-state index is 0.0622. The SMILES string of the molecule is CCNc1nc(C)nc(NCCC(=O)NC(C)CC)c1C. The number of carbonyl (C=O) groups excluding carboxylic acids is 1. The predicted octanol–water partition coefficient (Wildman–Crippen LogP) is 2.24. The van der Waals surface area contributed by atoms with Crippen LogP contribution in [-0.4, -0.2) is 35.0 Å². The predicted molar refractivity (Wildman–Crippen MR) is 86.7 cm³/mol. The number of hydrogen-bond donors (Lipinski definition) is 3. The summed E-state index contributed by atoms with van der Waals surface area (Å²) in [5.41, 5.74) is 0.977. The summed E-state index contributed by atoms with van der Waals surface area (Å²) >= 11 is 0. The molecule has 6 nitrogen and oxygen atoms in total. The molecule has 0 saturated carbocycles. The highest BCUT2D eigenvalue weighted by Gasteiger charge is 2.09. The van der Waals surface area contributed by atoms with Crippen LogP contribution in [0.1, 0.15) is 45.0 Å². The molecule has 0 fully saturated rings. The third-order valence-corrected chi connectivity index (χ3v) is 3.27. The van der Waals surface area contributed by atoms with Crippen LogP contribution in [0, 0.1) is 13.8 Å². The first-order valence-electron chi connectivity index (χ1n) is 7.60. The molecule has 1 heterocycles. The maximum Gasteiger partial charge on any atom is 0.221 e. The Hall–Kier alpha value is -1.85. The van der Waals surface area contributed by atoms with E-state index in [0.29, 0.717) is 18.8 Å². The molecule has 1 aromatic rings. The first-order valence-corrected chi connectivity index (χ1v) is 7.60. The van der Waals surface area contributed by atoms with E-state index in [9.17, 15) is 4.79 Å². The quantitative estimate of drug-likeness (QED) is 0.685. The second kappa shape index (κ2) is 8.44. The molecule has 0 spiro atoms. The smallest absolute Gasteiger partial charge is 0.221 e. The summed E-state index contributed by atoms with van der Waals surface area (Å²) in [5, 5.41) is 9.39. The monoisotopic (exact) mass is 293 g/mol. The van der Waals surface area contributed by atoms with Crippen LogP contribution in [0.4, 0.5) is 11.6 Å². The van der Waals surface area contributed by atoms with E-state index >= 15 is 0 Å². The molecule has 6 heteroatoms. The van der Waals surface area contributed by atoms with Crippen LogP contribution >= 0.6 is 0 Å².